The number of furan rings is 1. The van der Waals surface area contributed by atoms with E-state index in [1.165, 1.54) is 6.42 Å². The SMILES string of the molecule is COc1cccc2cc(CNCC(CC(C)C)N(C)C)oc12. The van der Waals surface area contributed by atoms with Gasteiger partial charge in [-0.15, -0.1) is 0 Å². The average molecular weight is 304 g/mol. The molecule has 1 atom stereocenters. The Hall–Kier alpha value is -1.52. The van der Waals surface area contributed by atoms with Crippen molar-refractivity contribution in [3.63, 3.8) is 0 Å². The first-order chi connectivity index (χ1) is 10.5. The van der Waals surface area contributed by atoms with Crippen molar-refractivity contribution in [3.8, 4) is 5.75 Å². The maximum atomic E-state index is 5.91. The van der Waals surface area contributed by atoms with Gasteiger partial charge < -0.3 is 19.4 Å². The molecule has 0 saturated heterocycles. The first-order valence-electron chi connectivity index (χ1n) is 7.93. The molecule has 0 aliphatic rings. The topological polar surface area (TPSA) is 37.6 Å². The van der Waals surface area contributed by atoms with Crippen molar-refractivity contribution in [1.82, 2.24) is 10.2 Å². The third-order valence-electron chi connectivity index (χ3n) is 3.93. The van der Waals surface area contributed by atoms with E-state index in [-0.39, 0.29) is 0 Å². The highest BCUT2D eigenvalue weighted by Gasteiger charge is 2.14. The minimum atomic E-state index is 0.541. The fourth-order valence-electron chi connectivity index (χ4n) is 2.72. The van der Waals surface area contributed by atoms with Gasteiger partial charge in [0.05, 0.1) is 13.7 Å². The number of nitrogens with one attached hydrogen (secondary N) is 1. The predicted octanol–water partition coefficient (Wildman–Crippen LogP) is 3.51. The molecule has 0 spiro atoms. The second-order valence-corrected chi connectivity index (χ2v) is 6.47. The van der Waals surface area contributed by atoms with Crippen LogP contribution in [0.4, 0.5) is 0 Å². The number of methoxy groups -OCH3 is 1. The Kier molecular flexibility index (Phi) is 5.86. The number of fused-ring (bicyclic) bond motifs is 1. The van der Waals surface area contributed by atoms with Crippen molar-refractivity contribution in [3.05, 3.63) is 30.0 Å². The van der Waals surface area contributed by atoms with Gasteiger partial charge in [-0.25, -0.2) is 0 Å². The van der Waals surface area contributed by atoms with Crippen molar-refractivity contribution in [1.29, 1.82) is 0 Å². The van der Waals surface area contributed by atoms with Gasteiger partial charge in [0.25, 0.3) is 0 Å². The van der Waals surface area contributed by atoms with Crippen LogP contribution in [0.15, 0.2) is 28.7 Å². The number of hydrogen-bond donors (Lipinski definition) is 1. The van der Waals surface area contributed by atoms with E-state index in [2.05, 4.69) is 44.2 Å². The molecule has 0 saturated carbocycles. The molecule has 2 rings (SSSR count). The van der Waals surface area contributed by atoms with Gasteiger partial charge in [-0.3, -0.25) is 0 Å². The number of rotatable bonds is 8. The highest BCUT2D eigenvalue weighted by atomic mass is 16.5. The Morgan fingerprint density at radius 2 is 2.05 bits per heavy atom. The number of benzene rings is 1. The third-order valence-corrected chi connectivity index (χ3v) is 3.93. The summed E-state index contributed by atoms with van der Waals surface area (Å²) >= 11 is 0. The standard InChI is InChI=1S/C18H28N2O2/c1-13(2)9-15(20(3)4)11-19-12-16-10-14-7-6-8-17(21-5)18(14)22-16/h6-8,10,13,15,19H,9,11-12H2,1-5H3. The number of ether oxygens (including phenoxy) is 1. The molecule has 1 N–H and O–H groups in total. The van der Waals surface area contributed by atoms with Gasteiger partial charge in [-0.05, 0) is 38.6 Å². The highest BCUT2D eigenvalue weighted by molar-refractivity contribution is 5.83. The maximum absolute atomic E-state index is 5.91. The minimum Gasteiger partial charge on any atom is -0.493 e. The summed E-state index contributed by atoms with van der Waals surface area (Å²) in [5, 5.41) is 4.60. The monoisotopic (exact) mass is 304 g/mol. The van der Waals surface area contributed by atoms with Crippen LogP contribution in [0.1, 0.15) is 26.0 Å². The van der Waals surface area contributed by atoms with Crippen LogP contribution in [-0.2, 0) is 6.54 Å². The summed E-state index contributed by atoms with van der Waals surface area (Å²) in [7, 11) is 5.95. The smallest absolute Gasteiger partial charge is 0.176 e. The Balaban J connectivity index is 1.96. The first kappa shape index (κ1) is 16.8. The van der Waals surface area contributed by atoms with Gasteiger partial charge in [0.1, 0.15) is 5.76 Å². The quantitative estimate of drug-likeness (QED) is 0.810. The van der Waals surface area contributed by atoms with Gasteiger partial charge in [0.15, 0.2) is 11.3 Å². The summed E-state index contributed by atoms with van der Waals surface area (Å²) in [6, 6.07) is 8.58. The van der Waals surface area contributed by atoms with Crippen LogP contribution in [0.3, 0.4) is 0 Å². The molecule has 1 unspecified atom stereocenters. The van der Waals surface area contributed by atoms with Crippen LogP contribution in [0.2, 0.25) is 0 Å². The molecule has 4 nitrogen and oxygen atoms in total. The zero-order valence-corrected chi connectivity index (χ0v) is 14.3. The first-order valence-corrected chi connectivity index (χ1v) is 7.93. The Morgan fingerprint density at radius 1 is 1.27 bits per heavy atom. The van der Waals surface area contributed by atoms with E-state index in [0.717, 1.165) is 35.6 Å². The Bertz CT molecular complexity index is 590. The molecule has 1 heterocycles. The molecule has 122 valence electrons. The molecular weight excluding hydrogens is 276 g/mol. The lowest BCUT2D eigenvalue weighted by Crippen LogP contribution is -2.38. The van der Waals surface area contributed by atoms with E-state index in [1.807, 2.05) is 18.2 Å². The van der Waals surface area contributed by atoms with Gasteiger partial charge in [0, 0.05) is 18.0 Å². The number of nitrogens with zero attached hydrogens (tertiary/aromatic N) is 1. The van der Waals surface area contributed by atoms with Crippen LogP contribution in [0.5, 0.6) is 5.75 Å². The third kappa shape index (κ3) is 4.24. The summed E-state index contributed by atoms with van der Waals surface area (Å²) in [5.41, 5.74) is 0.827. The molecule has 0 aliphatic heterocycles. The summed E-state index contributed by atoms with van der Waals surface area (Å²) < 4.78 is 11.3. The Labute approximate surface area is 133 Å². The molecule has 4 heteroatoms. The molecule has 0 bridgehead atoms. The lowest BCUT2D eigenvalue weighted by atomic mass is 10.0. The van der Waals surface area contributed by atoms with Crippen LogP contribution in [0, 0.1) is 5.92 Å². The summed E-state index contributed by atoms with van der Waals surface area (Å²) in [5.74, 6) is 2.43. The molecule has 0 aliphatic carbocycles. The van der Waals surface area contributed by atoms with Crippen LogP contribution in [-0.4, -0.2) is 38.7 Å². The number of para-hydroxylation sites is 1. The largest absolute Gasteiger partial charge is 0.493 e. The number of likely N-dealkylation sites (N-methyl/N-ethyl adjacent to an activating group) is 1. The molecule has 0 amide bonds. The molecule has 22 heavy (non-hydrogen) atoms. The maximum Gasteiger partial charge on any atom is 0.176 e. The van der Waals surface area contributed by atoms with Crippen molar-refractivity contribution >= 4 is 11.0 Å². The van der Waals surface area contributed by atoms with Crippen molar-refractivity contribution in [2.75, 3.05) is 27.7 Å². The normalized spacial score (nSPS) is 13.2. The minimum absolute atomic E-state index is 0.541. The zero-order valence-electron chi connectivity index (χ0n) is 14.3. The molecule has 1 aromatic carbocycles. The van der Waals surface area contributed by atoms with E-state index in [4.69, 9.17) is 9.15 Å². The van der Waals surface area contributed by atoms with Gasteiger partial charge >= 0.3 is 0 Å². The van der Waals surface area contributed by atoms with Gasteiger partial charge in [-0.2, -0.15) is 0 Å². The van der Waals surface area contributed by atoms with Crippen molar-refractivity contribution in [2.45, 2.75) is 32.9 Å². The van der Waals surface area contributed by atoms with Crippen LogP contribution in [0.25, 0.3) is 11.0 Å². The highest BCUT2D eigenvalue weighted by Crippen LogP contribution is 2.28. The number of hydrogen-bond acceptors (Lipinski definition) is 4. The van der Waals surface area contributed by atoms with Crippen LogP contribution < -0.4 is 10.1 Å². The lowest BCUT2D eigenvalue weighted by Gasteiger charge is -2.26. The fraction of sp³-hybridized carbons (Fsp3) is 0.556. The van der Waals surface area contributed by atoms with E-state index in [0.29, 0.717) is 12.0 Å². The van der Waals surface area contributed by atoms with Crippen molar-refractivity contribution < 1.29 is 9.15 Å². The fourth-order valence-corrected chi connectivity index (χ4v) is 2.72. The lowest BCUT2D eigenvalue weighted by molar-refractivity contribution is 0.245. The van der Waals surface area contributed by atoms with E-state index < -0.39 is 0 Å². The van der Waals surface area contributed by atoms with E-state index >= 15 is 0 Å². The predicted molar refractivity (Wildman–Crippen MR) is 91.4 cm³/mol. The molecule has 0 fully saturated rings. The van der Waals surface area contributed by atoms with Gasteiger partial charge in [-0.1, -0.05) is 26.0 Å². The molecular formula is C18H28N2O2. The molecule has 1 aromatic heterocycles. The summed E-state index contributed by atoms with van der Waals surface area (Å²) in [6.45, 7) is 6.23. The van der Waals surface area contributed by atoms with E-state index in [1.54, 1.807) is 7.11 Å². The second kappa shape index (κ2) is 7.65. The van der Waals surface area contributed by atoms with Gasteiger partial charge in [0.2, 0.25) is 0 Å². The average Bonchev–Trinajstić information content (AvgIpc) is 2.88. The van der Waals surface area contributed by atoms with E-state index in [9.17, 15) is 0 Å². The van der Waals surface area contributed by atoms with Crippen LogP contribution >= 0.6 is 0 Å². The molecule has 0 radical (unpaired) electrons. The summed E-state index contributed by atoms with van der Waals surface area (Å²) in [4.78, 5) is 2.29. The van der Waals surface area contributed by atoms with Crippen molar-refractivity contribution in [2.24, 2.45) is 5.92 Å². The zero-order chi connectivity index (χ0) is 16.1. The second-order valence-electron chi connectivity index (χ2n) is 6.47. The molecule has 2 aromatic rings. The summed E-state index contributed by atoms with van der Waals surface area (Å²) in [6.07, 6.45) is 1.19. The Morgan fingerprint density at radius 3 is 2.68 bits per heavy atom.